The number of carbonyl (C=O) groups is 1. The molecule has 32 heavy (non-hydrogen) atoms. The Balaban J connectivity index is 1.58. The molecule has 0 saturated heterocycles. The van der Waals surface area contributed by atoms with Gasteiger partial charge in [-0.25, -0.2) is 0 Å². The Morgan fingerprint density at radius 1 is 0.938 bits per heavy atom. The van der Waals surface area contributed by atoms with Crippen LogP contribution in [0.1, 0.15) is 21.5 Å². The van der Waals surface area contributed by atoms with Crippen molar-refractivity contribution < 1.29 is 28.5 Å². The van der Waals surface area contributed by atoms with Crippen molar-refractivity contribution in [3.05, 3.63) is 82.1 Å². The van der Waals surface area contributed by atoms with Crippen LogP contribution >= 0.6 is 11.6 Å². The third-order valence-corrected chi connectivity index (χ3v) is 5.38. The first-order chi connectivity index (χ1) is 15.5. The zero-order valence-electron chi connectivity index (χ0n) is 17.8. The normalized spacial score (nSPS) is 13.5. The van der Waals surface area contributed by atoms with Crippen molar-refractivity contribution in [2.45, 2.75) is 6.61 Å². The number of fused-ring (bicyclic) bond motifs is 1. The van der Waals surface area contributed by atoms with Crippen LogP contribution in [0.5, 0.6) is 28.7 Å². The van der Waals surface area contributed by atoms with Crippen LogP contribution in [0.25, 0.3) is 6.08 Å². The van der Waals surface area contributed by atoms with Crippen molar-refractivity contribution in [3.8, 4) is 28.7 Å². The van der Waals surface area contributed by atoms with Crippen LogP contribution in [0.15, 0.2) is 60.4 Å². The Hall–Kier alpha value is -3.64. The molecule has 1 aliphatic heterocycles. The summed E-state index contributed by atoms with van der Waals surface area (Å²) in [5, 5.41) is 0.633. The number of benzene rings is 3. The summed E-state index contributed by atoms with van der Waals surface area (Å²) in [6, 6.07) is 16.1. The number of hydrogen-bond acceptors (Lipinski definition) is 6. The van der Waals surface area contributed by atoms with E-state index in [1.807, 2.05) is 24.3 Å². The van der Waals surface area contributed by atoms with Crippen molar-refractivity contribution in [3.63, 3.8) is 0 Å². The number of methoxy groups -OCH3 is 3. The van der Waals surface area contributed by atoms with Crippen molar-refractivity contribution >= 4 is 23.5 Å². The van der Waals surface area contributed by atoms with E-state index in [0.29, 0.717) is 51.5 Å². The van der Waals surface area contributed by atoms with E-state index in [2.05, 4.69) is 0 Å². The number of ether oxygens (including phenoxy) is 5. The number of ketones is 1. The van der Waals surface area contributed by atoms with E-state index in [1.54, 1.807) is 43.5 Å². The Bertz CT molecular complexity index is 1200. The van der Waals surface area contributed by atoms with Crippen LogP contribution in [-0.4, -0.2) is 27.1 Å². The smallest absolute Gasteiger partial charge is 0.231 e. The van der Waals surface area contributed by atoms with Crippen LogP contribution in [-0.2, 0) is 6.61 Å². The summed E-state index contributed by atoms with van der Waals surface area (Å²) in [6.07, 6.45) is 1.62. The average Bonchev–Trinajstić information content (AvgIpc) is 3.12. The van der Waals surface area contributed by atoms with Crippen LogP contribution in [0.4, 0.5) is 0 Å². The second kappa shape index (κ2) is 9.24. The van der Waals surface area contributed by atoms with Gasteiger partial charge >= 0.3 is 0 Å². The zero-order valence-corrected chi connectivity index (χ0v) is 18.6. The molecular formula is C25H21ClO6. The van der Waals surface area contributed by atoms with Gasteiger partial charge in [0, 0.05) is 22.2 Å². The molecule has 0 aromatic heterocycles. The summed E-state index contributed by atoms with van der Waals surface area (Å²) in [6.45, 7) is 0.304. The molecule has 0 spiro atoms. The summed E-state index contributed by atoms with van der Waals surface area (Å²) in [4.78, 5) is 12.9. The van der Waals surface area contributed by atoms with E-state index in [1.165, 1.54) is 14.2 Å². The number of carbonyl (C=O) groups excluding carboxylic acids is 1. The fourth-order valence-electron chi connectivity index (χ4n) is 3.41. The maximum absolute atomic E-state index is 12.9. The highest BCUT2D eigenvalue weighted by molar-refractivity contribution is 6.31. The van der Waals surface area contributed by atoms with Gasteiger partial charge in [0.1, 0.15) is 18.1 Å². The molecule has 4 rings (SSSR count). The summed E-state index contributed by atoms with van der Waals surface area (Å²) in [5.41, 5.74) is 1.95. The molecule has 164 valence electrons. The topological polar surface area (TPSA) is 63.2 Å². The molecule has 6 nitrogen and oxygen atoms in total. The predicted octanol–water partition coefficient (Wildman–Crippen LogP) is 5.56. The molecule has 1 aliphatic rings. The van der Waals surface area contributed by atoms with Gasteiger partial charge in [-0.2, -0.15) is 0 Å². The van der Waals surface area contributed by atoms with E-state index < -0.39 is 0 Å². The summed E-state index contributed by atoms with van der Waals surface area (Å²) < 4.78 is 27.9. The fraction of sp³-hybridized carbons (Fsp3) is 0.160. The number of hydrogen-bond donors (Lipinski definition) is 0. The molecule has 0 fully saturated rings. The highest BCUT2D eigenvalue weighted by atomic mass is 35.5. The minimum atomic E-state index is -0.227. The molecule has 7 heteroatoms. The first-order valence-electron chi connectivity index (χ1n) is 9.79. The Morgan fingerprint density at radius 2 is 1.72 bits per heavy atom. The number of allylic oxidation sites excluding steroid dienone is 1. The molecule has 0 atom stereocenters. The van der Waals surface area contributed by atoms with E-state index in [4.69, 9.17) is 35.3 Å². The van der Waals surface area contributed by atoms with Crippen molar-refractivity contribution in [1.82, 2.24) is 0 Å². The molecule has 3 aromatic rings. The van der Waals surface area contributed by atoms with E-state index >= 15 is 0 Å². The number of rotatable bonds is 7. The third kappa shape index (κ3) is 4.09. The van der Waals surface area contributed by atoms with Gasteiger partial charge in [0.05, 0.1) is 26.9 Å². The maximum atomic E-state index is 12.9. The minimum absolute atomic E-state index is 0.175. The minimum Gasteiger partial charge on any atom is -0.493 e. The molecule has 0 radical (unpaired) electrons. The quantitative estimate of drug-likeness (QED) is 0.437. The van der Waals surface area contributed by atoms with Gasteiger partial charge < -0.3 is 23.7 Å². The molecule has 0 saturated carbocycles. The summed E-state index contributed by atoms with van der Waals surface area (Å²) >= 11 is 6.18. The molecule has 3 aromatic carbocycles. The predicted molar refractivity (Wildman–Crippen MR) is 121 cm³/mol. The summed E-state index contributed by atoms with van der Waals surface area (Å²) in [5.74, 6) is 2.34. The van der Waals surface area contributed by atoms with Crippen LogP contribution in [0.2, 0.25) is 5.02 Å². The molecule has 0 unspecified atom stereocenters. The monoisotopic (exact) mass is 452 g/mol. The van der Waals surface area contributed by atoms with Gasteiger partial charge in [-0.15, -0.1) is 0 Å². The lowest BCUT2D eigenvalue weighted by Gasteiger charge is -2.14. The summed E-state index contributed by atoms with van der Waals surface area (Å²) in [7, 11) is 4.59. The Kier molecular flexibility index (Phi) is 6.23. The highest BCUT2D eigenvalue weighted by Crippen LogP contribution is 2.42. The van der Waals surface area contributed by atoms with Crippen LogP contribution in [0.3, 0.4) is 0 Å². The van der Waals surface area contributed by atoms with Gasteiger partial charge in [0.2, 0.25) is 11.5 Å². The SMILES string of the molecule is COc1ccc(C=C2Oc3cc(OCc4ccccc4Cl)ccc3C2=O)c(OC)c1OC. The first kappa shape index (κ1) is 21.6. The Labute approximate surface area is 190 Å². The fourth-order valence-corrected chi connectivity index (χ4v) is 3.60. The van der Waals surface area contributed by atoms with Gasteiger partial charge in [-0.05, 0) is 36.4 Å². The first-order valence-corrected chi connectivity index (χ1v) is 10.2. The molecular weight excluding hydrogens is 432 g/mol. The van der Waals surface area contributed by atoms with Crippen LogP contribution < -0.4 is 23.7 Å². The largest absolute Gasteiger partial charge is 0.493 e. The highest BCUT2D eigenvalue weighted by Gasteiger charge is 2.28. The van der Waals surface area contributed by atoms with Gasteiger partial charge in [0.25, 0.3) is 0 Å². The van der Waals surface area contributed by atoms with Crippen LogP contribution in [0, 0.1) is 0 Å². The van der Waals surface area contributed by atoms with E-state index in [0.717, 1.165) is 5.56 Å². The standard InChI is InChI=1S/C25H21ClO6/c1-28-20-11-8-15(24(29-2)25(20)30-3)12-22-23(27)18-10-9-17(13-21(18)32-22)31-14-16-6-4-5-7-19(16)26/h4-13H,14H2,1-3H3. The van der Waals surface area contributed by atoms with Crippen molar-refractivity contribution in [2.75, 3.05) is 21.3 Å². The zero-order chi connectivity index (χ0) is 22.7. The lowest BCUT2D eigenvalue weighted by molar-refractivity contribution is 0.101. The maximum Gasteiger partial charge on any atom is 0.231 e. The molecule has 0 aliphatic carbocycles. The second-order valence-corrected chi connectivity index (χ2v) is 7.31. The molecule has 0 N–H and O–H groups in total. The molecule has 0 amide bonds. The van der Waals surface area contributed by atoms with Crippen molar-refractivity contribution in [1.29, 1.82) is 0 Å². The second-order valence-electron chi connectivity index (χ2n) is 6.90. The number of halogens is 1. The molecule has 1 heterocycles. The van der Waals surface area contributed by atoms with E-state index in [9.17, 15) is 4.79 Å². The third-order valence-electron chi connectivity index (χ3n) is 5.01. The average molecular weight is 453 g/mol. The Morgan fingerprint density at radius 3 is 2.44 bits per heavy atom. The lowest BCUT2D eigenvalue weighted by Crippen LogP contribution is -2.00. The lowest BCUT2D eigenvalue weighted by atomic mass is 10.1. The van der Waals surface area contributed by atoms with E-state index in [-0.39, 0.29) is 11.5 Å². The van der Waals surface area contributed by atoms with Gasteiger partial charge in [-0.3, -0.25) is 4.79 Å². The van der Waals surface area contributed by atoms with Gasteiger partial charge in [-0.1, -0.05) is 29.8 Å². The van der Waals surface area contributed by atoms with Crippen molar-refractivity contribution in [2.24, 2.45) is 0 Å². The molecule has 0 bridgehead atoms. The van der Waals surface area contributed by atoms with Gasteiger partial charge in [0.15, 0.2) is 17.3 Å². The number of Topliss-reactive ketones (excluding diaryl/α,β-unsaturated/α-hetero) is 1.